The van der Waals surface area contributed by atoms with Crippen LogP contribution in [0.4, 0.5) is 13.2 Å². The van der Waals surface area contributed by atoms with E-state index in [0.29, 0.717) is 0 Å². The van der Waals surface area contributed by atoms with Crippen LogP contribution in [0.5, 0.6) is 0 Å². The first kappa shape index (κ1) is 12.0. The zero-order chi connectivity index (χ0) is 11.3. The van der Waals surface area contributed by atoms with Crippen molar-refractivity contribution in [1.82, 2.24) is 4.98 Å². The predicted molar refractivity (Wildman–Crippen MR) is 49.2 cm³/mol. The summed E-state index contributed by atoms with van der Waals surface area (Å²) >= 11 is 0. The van der Waals surface area contributed by atoms with E-state index >= 15 is 0 Å². The lowest BCUT2D eigenvalue weighted by Crippen LogP contribution is -2.16. The summed E-state index contributed by atoms with van der Waals surface area (Å²) in [7, 11) is 0. The van der Waals surface area contributed by atoms with Crippen molar-refractivity contribution in [1.29, 1.82) is 0 Å². The van der Waals surface area contributed by atoms with Crippen molar-refractivity contribution in [3.63, 3.8) is 0 Å². The number of aromatic nitrogens is 1. The maximum Gasteiger partial charge on any atom is 0.389 e. The zero-order valence-corrected chi connectivity index (χ0v) is 8.04. The van der Waals surface area contributed by atoms with Crippen molar-refractivity contribution in [2.24, 2.45) is 0 Å². The van der Waals surface area contributed by atoms with Gasteiger partial charge in [0.15, 0.2) is 0 Å². The van der Waals surface area contributed by atoms with Crippen LogP contribution in [0.1, 0.15) is 18.4 Å². The van der Waals surface area contributed by atoms with Crippen LogP contribution in [0, 0.1) is 0 Å². The second-order valence-electron chi connectivity index (χ2n) is 3.37. The fourth-order valence-electron chi connectivity index (χ4n) is 1.22. The summed E-state index contributed by atoms with van der Waals surface area (Å²) in [5, 5.41) is 9.34. The number of alkyl halides is 3. The molecule has 1 aromatic heterocycles. The van der Waals surface area contributed by atoms with Crippen LogP contribution in [0.2, 0.25) is 0 Å². The summed E-state index contributed by atoms with van der Waals surface area (Å²) < 4.78 is 35.5. The average Bonchev–Trinajstić information content (AvgIpc) is 2.15. The van der Waals surface area contributed by atoms with Gasteiger partial charge in [0, 0.05) is 18.8 Å². The van der Waals surface area contributed by atoms with Gasteiger partial charge in [-0.05, 0) is 24.5 Å². The van der Waals surface area contributed by atoms with E-state index in [1.54, 1.807) is 18.3 Å². The molecule has 0 aliphatic carbocycles. The van der Waals surface area contributed by atoms with E-state index in [9.17, 15) is 18.3 Å². The molecule has 0 radical (unpaired) electrons. The zero-order valence-electron chi connectivity index (χ0n) is 8.04. The van der Waals surface area contributed by atoms with Crippen molar-refractivity contribution in [2.75, 3.05) is 0 Å². The van der Waals surface area contributed by atoms with Crippen LogP contribution in [0.3, 0.4) is 0 Å². The third kappa shape index (κ3) is 5.37. The smallest absolute Gasteiger partial charge is 0.389 e. The molecule has 0 saturated heterocycles. The average molecular weight is 219 g/mol. The van der Waals surface area contributed by atoms with Gasteiger partial charge in [-0.2, -0.15) is 13.2 Å². The Morgan fingerprint density at radius 2 is 2.13 bits per heavy atom. The van der Waals surface area contributed by atoms with E-state index in [2.05, 4.69) is 4.98 Å². The number of aliphatic hydroxyl groups is 1. The highest BCUT2D eigenvalue weighted by Gasteiger charge is 2.27. The molecule has 1 unspecified atom stereocenters. The maximum absolute atomic E-state index is 11.8. The third-order valence-corrected chi connectivity index (χ3v) is 1.96. The van der Waals surface area contributed by atoms with Gasteiger partial charge in [-0.3, -0.25) is 4.98 Å². The largest absolute Gasteiger partial charge is 0.393 e. The Balaban J connectivity index is 2.34. The molecule has 0 aliphatic rings. The van der Waals surface area contributed by atoms with E-state index in [1.165, 1.54) is 6.20 Å². The second-order valence-corrected chi connectivity index (χ2v) is 3.37. The summed E-state index contributed by atoms with van der Waals surface area (Å²) in [5.74, 6) is 0. The molecule has 1 aromatic rings. The molecule has 1 N–H and O–H groups in total. The molecule has 1 rings (SSSR count). The Hall–Kier alpha value is -1.10. The Kier molecular flexibility index (Phi) is 4.08. The van der Waals surface area contributed by atoms with Crippen molar-refractivity contribution >= 4 is 0 Å². The number of aliphatic hydroxyl groups excluding tert-OH is 1. The summed E-state index contributed by atoms with van der Waals surface area (Å²) in [6.07, 6.45) is -3.05. The van der Waals surface area contributed by atoms with Crippen molar-refractivity contribution in [3.05, 3.63) is 30.1 Å². The third-order valence-electron chi connectivity index (χ3n) is 1.96. The first-order valence-corrected chi connectivity index (χ1v) is 4.61. The van der Waals surface area contributed by atoms with Gasteiger partial charge in [0.05, 0.1) is 6.10 Å². The normalized spacial score (nSPS) is 13.9. The van der Waals surface area contributed by atoms with Crippen molar-refractivity contribution in [2.45, 2.75) is 31.5 Å². The predicted octanol–water partition coefficient (Wildman–Crippen LogP) is 2.33. The molecule has 5 heteroatoms. The van der Waals surface area contributed by atoms with Crippen LogP contribution in [0.25, 0.3) is 0 Å². The molecule has 0 aromatic carbocycles. The van der Waals surface area contributed by atoms with Gasteiger partial charge in [-0.1, -0.05) is 6.07 Å². The topological polar surface area (TPSA) is 33.1 Å². The molecule has 0 aliphatic heterocycles. The lowest BCUT2D eigenvalue weighted by atomic mass is 10.1. The number of hydrogen-bond donors (Lipinski definition) is 1. The van der Waals surface area contributed by atoms with E-state index in [0.717, 1.165) is 5.56 Å². The first-order valence-electron chi connectivity index (χ1n) is 4.61. The van der Waals surface area contributed by atoms with E-state index < -0.39 is 18.7 Å². The molecular weight excluding hydrogens is 207 g/mol. The van der Waals surface area contributed by atoms with Gasteiger partial charge >= 0.3 is 6.18 Å². The Morgan fingerprint density at radius 3 is 2.67 bits per heavy atom. The van der Waals surface area contributed by atoms with Gasteiger partial charge in [-0.15, -0.1) is 0 Å². The van der Waals surface area contributed by atoms with E-state index in [4.69, 9.17) is 0 Å². The quantitative estimate of drug-likeness (QED) is 0.843. The molecule has 0 amide bonds. The molecule has 1 atom stereocenters. The fourth-order valence-corrected chi connectivity index (χ4v) is 1.22. The van der Waals surface area contributed by atoms with Crippen molar-refractivity contribution in [3.8, 4) is 0 Å². The number of halogens is 3. The highest BCUT2D eigenvalue weighted by atomic mass is 19.4. The lowest BCUT2D eigenvalue weighted by molar-refractivity contribution is -0.139. The van der Waals surface area contributed by atoms with Crippen LogP contribution >= 0.6 is 0 Å². The molecule has 0 saturated carbocycles. The highest BCUT2D eigenvalue weighted by Crippen LogP contribution is 2.22. The van der Waals surface area contributed by atoms with Crippen LogP contribution < -0.4 is 0 Å². The number of rotatable bonds is 4. The summed E-state index contributed by atoms with van der Waals surface area (Å²) in [4.78, 5) is 3.81. The lowest BCUT2D eigenvalue weighted by Gasteiger charge is -2.11. The molecule has 2 nitrogen and oxygen atoms in total. The van der Waals surface area contributed by atoms with Gasteiger partial charge in [0.25, 0.3) is 0 Å². The van der Waals surface area contributed by atoms with Crippen LogP contribution in [-0.2, 0) is 6.42 Å². The maximum atomic E-state index is 11.8. The van der Waals surface area contributed by atoms with Gasteiger partial charge in [-0.25, -0.2) is 0 Å². The summed E-state index contributed by atoms with van der Waals surface area (Å²) in [5.41, 5.74) is 0.743. The number of nitrogens with zero attached hydrogens (tertiary/aromatic N) is 1. The minimum atomic E-state index is -4.20. The first-order chi connectivity index (χ1) is 6.97. The molecule has 15 heavy (non-hydrogen) atoms. The van der Waals surface area contributed by atoms with Gasteiger partial charge in [0.2, 0.25) is 0 Å². The van der Waals surface area contributed by atoms with Gasteiger partial charge in [0.1, 0.15) is 0 Å². The molecule has 1 heterocycles. The molecule has 0 bridgehead atoms. The van der Waals surface area contributed by atoms with Crippen LogP contribution in [-0.4, -0.2) is 22.4 Å². The monoisotopic (exact) mass is 219 g/mol. The van der Waals surface area contributed by atoms with E-state index in [-0.39, 0.29) is 12.8 Å². The fraction of sp³-hybridized carbons (Fsp3) is 0.500. The minimum Gasteiger partial charge on any atom is -0.393 e. The molecule has 0 fully saturated rings. The molecular formula is C10H12F3NO. The van der Waals surface area contributed by atoms with E-state index in [1.807, 2.05) is 0 Å². The highest BCUT2D eigenvalue weighted by molar-refractivity contribution is 5.09. The van der Waals surface area contributed by atoms with Crippen molar-refractivity contribution < 1.29 is 18.3 Å². The standard InChI is InChI=1S/C10H12F3NO/c11-10(12,13)4-3-9(15)6-8-2-1-5-14-7-8/h1-2,5,7,9,15H,3-4,6H2. The summed E-state index contributed by atoms with van der Waals surface area (Å²) in [6.45, 7) is 0. The SMILES string of the molecule is OC(CCC(F)(F)F)Cc1cccnc1. The Bertz CT molecular complexity index is 286. The Morgan fingerprint density at radius 1 is 1.40 bits per heavy atom. The number of pyridine rings is 1. The molecule has 84 valence electrons. The summed E-state index contributed by atoms with van der Waals surface area (Å²) in [6, 6.07) is 3.41. The minimum absolute atomic E-state index is 0.212. The van der Waals surface area contributed by atoms with Crippen LogP contribution in [0.15, 0.2) is 24.5 Å². The molecule has 0 spiro atoms. The second kappa shape index (κ2) is 5.11. The number of hydrogen-bond acceptors (Lipinski definition) is 2. The Labute approximate surface area is 85.8 Å². The van der Waals surface area contributed by atoms with Gasteiger partial charge < -0.3 is 5.11 Å².